The fourth-order valence-electron chi connectivity index (χ4n) is 1.95. The Morgan fingerprint density at radius 2 is 2.41 bits per heavy atom. The number of hydrogen-bond acceptors (Lipinski definition) is 4. The van der Waals surface area contributed by atoms with E-state index in [1.54, 1.807) is 6.26 Å². The maximum atomic E-state index is 11.5. The predicted octanol–water partition coefficient (Wildman–Crippen LogP) is 1.90. The van der Waals surface area contributed by atoms with Gasteiger partial charge in [0.15, 0.2) is 11.9 Å². The van der Waals surface area contributed by atoms with Gasteiger partial charge >= 0.3 is 5.97 Å². The largest absolute Gasteiger partial charge is 0.469 e. The van der Waals surface area contributed by atoms with Crippen LogP contribution in [0.2, 0.25) is 0 Å². The molecule has 0 fully saturated rings. The first-order chi connectivity index (χ1) is 8.15. The number of ketones is 1. The minimum absolute atomic E-state index is 0.143. The van der Waals surface area contributed by atoms with Gasteiger partial charge in [0.05, 0.1) is 6.26 Å². The van der Waals surface area contributed by atoms with Crippen molar-refractivity contribution >= 4 is 11.8 Å². The summed E-state index contributed by atoms with van der Waals surface area (Å²) in [4.78, 5) is 22.4. The van der Waals surface area contributed by atoms with Crippen molar-refractivity contribution in [2.75, 3.05) is 0 Å². The summed E-state index contributed by atoms with van der Waals surface area (Å²) in [6.07, 6.45) is 5.56. The van der Waals surface area contributed by atoms with Crippen LogP contribution in [-0.4, -0.2) is 17.9 Å². The molecule has 2 rings (SSSR count). The maximum absolute atomic E-state index is 11.5. The topological polar surface area (TPSA) is 56.5 Å². The second-order valence-corrected chi connectivity index (χ2v) is 4.14. The first-order valence-corrected chi connectivity index (χ1v) is 5.57. The number of carbonyl (C=O) groups is 2. The van der Waals surface area contributed by atoms with Crippen molar-refractivity contribution in [3.63, 3.8) is 0 Å². The molecule has 4 heteroatoms. The molecule has 1 heterocycles. The van der Waals surface area contributed by atoms with Crippen LogP contribution in [0.1, 0.15) is 19.1 Å². The van der Waals surface area contributed by atoms with E-state index in [9.17, 15) is 9.59 Å². The molecule has 0 aliphatic heterocycles. The van der Waals surface area contributed by atoms with Gasteiger partial charge in [0.25, 0.3) is 0 Å². The number of hydrogen-bond donors (Lipinski definition) is 0. The highest BCUT2D eigenvalue weighted by Crippen LogP contribution is 2.22. The molecule has 0 unspecified atom stereocenters. The summed E-state index contributed by atoms with van der Waals surface area (Å²) >= 11 is 0. The first-order valence-electron chi connectivity index (χ1n) is 5.57. The number of allylic oxidation sites excluding steroid dienone is 1. The molecule has 0 bridgehead atoms. The number of furan rings is 1. The second kappa shape index (κ2) is 4.99. The summed E-state index contributed by atoms with van der Waals surface area (Å²) in [5, 5.41) is 0. The fraction of sp³-hybridized carbons (Fsp3) is 0.385. The van der Waals surface area contributed by atoms with Crippen molar-refractivity contribution in [2.45, 2.75) is 25.9 Å². The SMILES string of the molecule is CC(=O)O[C@H]1C[C@H](Cc2ccco2)C=CC1=O. The molecule has 1 aromatic rings. The number of ether oxygens (including phenoxy) is 1. The monoisotopic (exact) mass is 234 g/mol. The molecule has 0 saturated heterocycles. The molecule has 0 N–H and O–H groups in total. The van der Waals surface area contributed by atoms with Crippen LogP contribution in [-0.2, 0) is 20.7 Å². The van der Waals surface area contributed by atoms with Crippen LogP contribution >= 0.6 is 0 Å². The minimum atomic E-state index is -0.641. The van der Waals surface area contributed by atoms with Crippen LogP contribution in [0.25, 0.3) is 0 Å². The Labute approximate surface area is 99.3 Å². The van der Waals surface area contributed by atoms with Crippen molar-refractivity contribution < 1.29 is 18.7 Å². The van der Waals surface area contributed by atoms with Gasteiger partial charge in [0.2, 0.25) is 0 Å². The maximum Gasteiger partial charge on any atom is 0.303 e. The summed E-state index contributed by atoms with van der Waals surface area (Å²) in [5.41, 5.74) is 0. The van der Waals surface area contributed by atoms with Crippen LogP contribution in [0.4, 0.5) is 0 Å². The second-order valence-electron chi connectivity index (χ2n) is 4.14. The Kier molecular flexibility index (Phi) is 3.42. The molecule has 2 atom stereocenters. The van der Waals surface area contributed by atoms with Crippen molar-refractivity contribution in [3.8, 4) is 0 Å². The molecular weight excluding hydrogens is 220 g/mol. The lowest BCUT2D eigenvalue weighted by Gasteiger charge is -2.22. The summed E-state index contributed by atoms with van der Waals surface area (Å²) < 4.78 is 10.2. The van der Waals surface area contributed by atoms with E-state index in [1.165, 1.54) is 13.0 Å². The molecule has 0 amide bonds. The molecule has 17 heavy (non-hydrogen) atoms. The van der Waals surface area contributed by atoms with Gasteiger partial charge in [-0.2, -0.15) is 0 Å². The lowest BCUT2D eigenvalue weighted by atomic mass is 9.89. The van der Waals surface area contributed by atoms with Crippen molar-refractivity contribution in [3.05, 3.63) is 36.3 Å². The van der Waals surface area contributed by atoms with E-state index in [1.807, 2.05) is 18.2 Å². The van der Waals surface area contributed by atoms with Gasteiger partial charge in [-0.3, -0.25) is 9.59 Å². The van der Waals surface area contributed by atoms with Crippen LogP contribution in [0.15, 0.2) is 35.0 Å². The Morgan fingerprint density at radius 1 is 1.59 bits per heavy atom. The Bertz CT molecular complexity index is 430. The van der Waals surface area contributed by atoms with Gasteiger partial charge in [0.1, 0.15) is 5.76 Å². The smallest absolute Gasteiger partial charge is 0.303 e. The third-order valence-electron chi connectivity index (χ3n) is 2.72. The van der Waals surface area contributed by atoms with E-state index in [0.717, 1.165) is 5.76 Å². The highest BCUT2D eigenvalue weighted by atomic mass is 16.5. The van der Waals surface area contributed by atoms with Crippen LogP contribution < -0.4 is 0 Å². The third kappa shape index (κ3) is 3.06. The molecule has 4 nitrogen and oxygen atoms in total. The molecule has 0 spiro atoms. The summed E-state index contributed by atoms with van der Waals surface area (Å²) in [6.45, 7) is 1.31. The van der Waals surface area contributed by atoms with E-state index in [-0.39, 0.29) is 11.7 Å². The molecule has 0 saturated carbocycles. The summed E-state index contributed by atoms with van der Waals surface area (Å²) in [5.74, 6) is 0.477. The fourth-order valence-corrected chi connectivity index (χ4v) is 1.95. The average molecular weight is 234 g/mol. The third-order valence-corrected chi connectivity index (χ3v) is 2.72. The Balaban J connectivity index is 1.99. The zero-order valence-electron chi connectivity index (χ0n) is 9.59. The molecular formula is C13H14O4. The molecule has 1 aliphatic rings. The van der Waals surface area contributed by atoms with Gasteiger partial charge in [0, 0.05) is 13.3 Å². The lowest BCUT2D eigenvalue weighted by molar-refractivity contribution is -0.152. The lowest BCUT2D eigenvalue weighted by Crippen LogP contribution is -2.30. The van der Waals surface area contributed by atoms with E-state index in [4.69, 9.17) is 9.15 Å². The van der Waals surface area contributed by atoms with Crippen molar-refractivity contribution in [2.24, 2.45) is 5.92 Å². The Hall–Kier alpha value is -1.84. The summed E-state index contributed by atoms with van der Waals surface area (Å²) in [6, 6.07) is 3.72. The van der Waals surface area contributed by atoms with E-state index < -0.39 is 12.1 Å². The molecule has 0 aromatic carbocycles. The first kappa shape index (κ1) is 11.6. The Morgan fingerprint density at radius 3 is 3.06 bits per heavy atom. The standard InChI is InChI=1S/C13H14O4/c1-9(14)17-13-8-10(4-5-12(13)15)7-11-3-2-6-16-11/h2-6,10,13H,7-8H2,1H3/t10-,13-/m0/s1. The zero-order chi connectivity index (χ0) is 12.3. The zero-order valence-corrected chi connectivity index (χ0v) is 9.59. The van der Waals surface area contributed by atoms with Gasteiger partial charge in [-0.05, 0) is 30.5 Å². The van der Waals surface area contributed by atoms with Gasteiger partial charge in [-0.1, -0.05) is 6.08 Å². The minimum Gasteiger partial charge on any atom is -0.469 e. The van der Waals surface area contributed by atoms with Crippen LogP contribution in [0.5, 0.6) is 0 Å². The predicted molar refractivity (Wildman–Crippen MR) is 60.2 cm³/mol. The highest BCUT2D eigenvalue weighted by Gasteiger charge is 2.27. The molecule has 1 aliphatic carbocycles. The molecule has 1 aromatic heterocycles. The molecule has 0 radical (unpaired) electrons. The quantitative estimate of drug-likeness (QED) is 0.749. The summed E-state index contributed by atoms with van der Waals surface area (Å²) in [7, 11) is 0. The van der Waals surface area contributed by atoms with Gasteiger partial charge in [-0.15, -0.1) is 0 Å². The van der Waals surface area contributed by atoms with Crippen molar-refractivity contribution in [1.29, 1.82) is 0 Å². The normalized spacial score (nSPS) is 23.7. The highest BCUT2D eigenvalue weighted by molar-refractivity contribution is 5.95. The molecule has 90 valence electrons. The van der Waals surface area contributed by atoms with Crippen LogP contribution in [0, 0.1) is 5.92 Å². The van der Waals surface area contributed by atoms with Crippen molar-refractivity contribution in [1.82, 2.24) is 0 Å². The van der Waals surface area contributed by atoms with E-state index >= 15 is 0 Å². The number of carbonyl (C=O) groups excluding carboxylic acids is 2. The number of esters is 1. The number of rotatable bonds is 3. The van der Waals surface area contributed by atoms with Gasteiger partial charge in [-0.25, -0.2) is 0 Å². The van der Waals surface area contributed by atoms with Gasteiger partial charge < -0.3 is 9.15 Å². The van der Waals surface area contributed by atoms with Crippen LogP contribution in [0.3, 0.4) is 0 Å². The van der Waals surface area contributed by atoms with E-state index in [2.05, 4.69) is 0 Å². The average Bonchev–Trinajstić information content (AvgIpc) is 2.75. The van der Waals surface area contributed by atoms with E-state index in [0.29, 0.717) is 12.8 Å².